The minimum absolute atomic E-state index is 0.746. The number of furan rings is 1. The first-order valence-corrected chi connectivity index (χ1v) is 6.39. The number of benzene rings is 1. The summed E-state index contributed by atoms with van der Waals surface area (Å²) in [4.78, 5) is 7.20. The molecule has 0 saturated carbocycles. The highest BCUT2D eigenvalue weighted by molar-refractivity contribution is 9.10. The average molecular weight is 303 g/mol. The Morgan fingerprint density at radius 2 is 2.00 bits per heavy atom. The summed E-state index contributed by atoms with van der Waals surface area (Å²) in [5.41, 5.74) is 2.26. The van der Waals surface area contributed by atoms with Crippen molar-refractivity contribution in [2.45, 2.75) is 6.92 Å². The molecule has 18 heavy (non-hydrogen) atoms. The van der Waals surface area contributed by atoms with E-state index in [-0.39, 0.29) is 0 Å². The van der Waals surface area contributed by atoms with E-state index < -0.39 is 0 Å². The van der Waals surface area contributed by atoms with Gasteiger partial charge in [0.05, 0.1) is 0 Å². The molecule has 0 aliphatic heterocycles. The Bertz CT molecular complexity index is 671. The van der Waals surface area contributed by atoms with Gasteiger partial charge in [0, 0.05) is 22.4 Å². The summed E-state index contributed by atoms with van der Waals surface area (Å²) in [5.74, 6) is 2.35. The van der Waals surface area contributed by atoms with Crippen LogP contribution in [0, 0.1) is 6.92 Å². The van der Waals surface area contributed by atoms with Gasteiger partial charge in [-0.15, -0.1) is 0 Å². The number of aromatic nitrogens is 2. The molecule has 1 aromatic carbocycles. The Hall–Kier alpha value is -1.81. The Balaban J connectivity index is 2.03. The highest BCUT2D eigenvalue weighted by atomic mass is 79.9. The molecule has 1 N–H and O–H groups in total. The number of hydrogen-bond acceptors (Lipinski definition) is 2. The van der Waals surface area contributed by atoms with Gasteiger partial charge in [0.1, 0.15) is 5.76 Å². The largest absolute Gasteiger partial charge is 0.453 e. The quantitative estimate of drug-likeness (QED) is 0.762. The fourth-order valence-corrected chi connectivity index (χ4v) is 2.39. The van der Waals surface area contributed by atoms with Crippen LogP contribution in [0.25, 0.3) is 22.9 Å². The van der Waals surface area contributed by atoms with Crippen LogP contribution in [0.1, 0.15) is 5.56 Å². The van der Waals surface area contributed by atoms with E-state index in [1.54, 1.807) is 12.4 Å². The zero-order valence-electron chi connectivity index (χ0n) is 9.77. The lowest BCUT2D eigenvalue weighted by molar-refractivity contribution is 0.592. The summed E-state index contributed by atoms with van der Waals surface area (Å²) in [6.45, 7) is 2.06. The van der Waals surface area contributed by atoms with E-state index in [2.05, 4.69) is 38.9 Å². The third-order valence-electron chi connectivity index (χ3n) is 2.79. The molecule has 0 bridgehead atoms. The van der Waals surface area contributed by atoms with Crippen molar-refractivity contribution in [3.63, 3.8) is 0 Å². The highest BCUT2D eigenvalue weighted by Crippen LogP contribution is 2.30. The Labute approximate surface area is 113 Å². The summed E-state index contributed by atoms with van der Waals surface area (Å²) in [5, 5.41) is 0. The van der Waals surface area contributed by atoms with Crippen molar-refractivity contribution in [1.29, 1.82) is 0 Å². The number of rotatable bonds is 2. The zero-order chi connectivity index (χ0) is 12.5. The third kappa shape index (κ3) is 1.99. The molecule has 4 heteroatoms. The van der Waals surface area contributed by atoms with Crippen molar-refractivity contribution >= 4 is 15.9 Å². The van der Waals surface area contributed by atoms with Crippen molar-refractivity contribution < 1.29 is 4.42 Å². The molecule has 0 aliphatic carbocycles. The molecule has 2 heterocycles. The lowest BCUT2D eigenvalue weighted by atomic mass is 10.1. The first-order valence-electron chi connectivity index (χ1n) is 5.60. The van der Waals surface area contributed by atoms with Gasteiger partial charge in [-0.25, -0.2) is 4.98 Å². The molecule has 3 nitrogen and oxygen atoms in total. The number of imidazole rings is 1. The van der Waals surface area contributed by atoms with Crippen LogP contribution in [0.2, 0.25) is 0 Å². The monoisotopic (exact) mass is 302 g/mol. The van der Waals surface area contributed by atoms with Gasteiger partial charge in [-0.2, -0.15) is 0 Å². The van der Waals surface area contributed by atoms with Gasteiger partial charge in [0.25, 0.3) is 0 Å². The maximum atomic E-state index is 5.83. The summed E-state index contributed by atoms with van der Waals surface area (Å²) in [7, 11) is 0. The molecule has 3 rings (SSSR count). The molecule has 3 aromatic rings. The highest BCUT2D eigenvalue weighted by Gasteiger charge is 2.10. The van der Waals surface area contributed by atoms with E-state index in [9.17, 15) is 0 Å². The first-order chi connectivity index (χ1) is 8.74. The number of H-pyrrole nitrogens is 1. The number of hydrogen-bond donors (Lipinski definition) is 1. The van der Waals surface area contributed by atoms with Gasteiger partial charge in [-0.1, -0.05) is 15.9 Å². The van der Waals surface area contributed by atoms with Crippen molar-refractivity contribution in [3.05, 3.63) is 52.8 Å². The molecule has 0 atom stereocenters. The Morgan fingerprint density at radius 1 is 1.17 bits per heavy atom. The van der Waals surface area contributed by atoms with Gasteiger partial charge in [-0.3, -0.25) is 0 Å². The topological polar surface area (TPSA) is 41.8 Å². The van der Waals surface area contributed by atoms with Crippen LogP contribution in [0.15, 0.2) is 51.6 Å². The van der Waals surface area contributed by atoms with Crippen LogP contribution < -0.4 is 0 Å². The zero-order valence-corrected chi connectivity index (χ0v) is 11.4. The molecule has 0 amide bonds. The predicted molar refractivity (Wildman–Crippen MR) is 74.2 cm³/mol. The number of aromatic amines is 1. The number of nitrogens with zero attached hydrogens (tertiary/aromatic N) is 1. The summed E-state index contributed by atoms with van der Waals surface area (Å²) in [6.07, 6.45) is 3.49. The minimum atomic E-state index is 0.746. The van der Waals surface area contributed by atoms with Gasteiger partial charge in [-0.05, 0) is 42.8 Å². The van der Waals surface area contributed by atoms with E-state index in [1.165, 1.54) is 5.56 Å². The molecule has 0 fully saturated rings. The van der Waals surface area contributed by atoms with Gasteiger partial charge >= 0.3 is 0 Å². The summed E-state index contributed by atoms with van der Waals surface area (Å²) < 4.78 is 6.90. The second kappa shape index (κ2) is 4.46. The standard InChI is InChI=1S/C14H11BrN2O/c1-9-8-10(15)2-3-11(9)12-4-5-13(18-12)14-16-6-7-17-14/h2-8H,1H3,(H,16,17). The van der Waals surface area contributed by atoms with Crippen molar-refractivity contribution in [1.82, 2.24) is 9.97 Å². The Kier molecular flexibility index (Phi) is 2.80. The lowest BCUT2D eigenvalue weighted by Gasteiger charge is -2.02. The van der Waals surface area contributed by atoms with Gasteiger partial charge < -0.3 is 9.40 Å². The summed E-state index contributed by atoms with van der Waals surface area (Å²) >= 11 is 3.46. The molecular weight excluding hydrogens is 292 g/mol. The fourth-order valence-electron chi connectivity index (χ4n) is 1.91. The van der Waals surface area contributed by atoms with Crippen LogP contribution >= 0.6 is 15.9 Å². The maximum absolute atomic E-state index is 5.83. The van der Waals surface area contributed by atoms with Crippen molar-refractivity contribution in [3.8, 4) is 22.9 Å². The molecule has 0 saturated heterocycles. The van der Waals surface area contributed by atoms with Crippen LogP contribution in [0.5, 0.6) is 0 Å². The average Bonchev–Trinajstić information content (AvgIpc) is 2.99. The molecular formula is C14H11BrN2O. The SMILES string of the molecule is Cc1cc(Br)ccc1-c1ccc(-c2ncc[nH]2)o1. The predicted octanol–water partition coefficient (Wildman–Crippen LogP) is 4.41. The second-order valence-electron chi connectivity index (χ2n) is 4.06. The van der Waals surface area contributed by atoms with Crippen LogP contribution in [0.4, 0.5) is 0 Å². The fraction of sp³-hybridized carbons (Fsp3) is 0.0714. The van der Waals surface area contributed by atoms with Crippen LogP contribution in [0.3, 0.4) is 0 Å². The lowest BCUT2D eigenvalue weighted by Crippen LogP contribution is -1.80. The van der Waals surface area contributed by atoms with E-state index >= 15 is 0 Å². The second-order valence-corrected chi connectivity index (χ2v) is 4.98. The molecule has 2 aromatic heterocycles. The Morgan fingerprint density at radius 3 is 2.72 bits per heavy atom. The summed E-state index contributed by atoms with van der Waals surface area (Å²) in [6, 6.07) is 10.0. The van der Waals surface area contributed by atoms with Crippen LogP contribution in [-0.2, 0) is 0 Å². The smallest absolute Gasteiger partial charge is 0.173 e. The van der Waals surface area contributed by atoms with Gasteiger partial charge in [0.2, 0.25) is 0 Å². The van der Waals surface area contributed by atoms with Crippen molar-refractivity contribution in [2.24, 2.45) is 0 Å². The number of halogens is 1. The van der Waals surface area contributed by atoms with E-state index in [1.807, 2.05) is 24.3 Å². The van der Waals surface area contributed by atoms with Crippen molar-refractivity contribution in [2.75, 3.05) is 0 Å². The van der Waals surface area contributed by atoms with E-state index in [0.717, 1.165) is 27.4 Å². The van der Waals surface area contributed by atoms with Crippen LogP contribution in [-0.4, -0.2) is 9.97 Å². The van der Waals surface area contributed by atoms with Gasteiger partial charge in [0.15, 0.2) is 11.6 Å². The molecule has 0 radical (unpaired) electrons. The van der Waals surface area contributed by atoms with E-state index in [0.29, 0.717) is 0 Å². The molecule has 90 valence electrons. The molecule has 0 aliphatic rings. The first kappa shape index (κ1) is 11.3. The minimum Gasteiger partial charge on any atom is -0.453 e. The normalized spacial score (nSPS) is 10.8. The molecule has 0 unspecified atom stereocenters. The maximum Gasteiger partial charge on any atom is 0.173 e. The molecule has 0 spiro atoms. The third-order valence-corrected chi connectivity index (χ3v) is 3.28. The van der Waals surface area contributed by atoms with E-state index in [4.69, 9.17) is 4.42 Å². The number of aryl methyl sites for hydroxylation is 1. The number of nitrogens with one attached hydrogen (secondary N) is 1.